The van der Waals surface area contributed by atoms with E-state index in [1.165, 1.54) is 35.4 Å². The van der Waals surface area contributed by atoms with Crippen molar-refractivity contribution >= 4 is 11.8 Å². The van der Waals surface area contributed by atoms with Crippen LogP contribution in [-0.2, 0) is 6.54 Å². The summed E-state index contributed by atoms with van der Waals surface area (Å²) in [5, 5.41) is 0. The summed E-state index contributed by atoms with van der Waals surface area (Å²) in [6, 6.07) is 6.67. The molecule has 0 unspecified atom stereocenters. The van der Waals surface area contributed by atoms with Crippen LogP contribution >= 0.6 is 11.8 Å². The third-order valence-electron chi connectivity index (χ3n) is 2.91. The number of aryl methyl sites for hydroxylation is 1. The van der Waals surface area contributed by atoms with Crippen LogP contribution in [0.3, 0.4) is 0 Å². The fourth-order valence-electron chi connectivity index (χ4n) is 2.01. The van der Waals surface area contributed by atoms with E-state index < -0.39 is 0 Å². The lowest BCUT2D eigenvalue weighted by atomic mass is 10.1. The number of thioether (sulfide) groups is 1. The summed E-state index contributed by atoms with van der Waals surface area (Å²) in [5.74, 6) is 1.16. The van der Waals surface area contributed by atoms with Crippen LogP contribution in [0.4, 0.5) is 0 Å². The van der Waals surface area contributed by atoms with Crippen molar-refractivity contribution in [1.29, 1.82) is 0 Å². The van der Waals surface area contributed by atoms with Crippen LogP contribution in [-0.4, -0.2) is 17.3 Å². The Morgan fingerprint density at radius 2 is 2.27 bits per heavy atom. The fourth-order valence-corrected chi connectivity index (χ4v) is 3.16. The Morgan fingerprint density at radius 1 is 1.40 bits per heavy atom. The second-order valence-electron chi connectivity index (χ2n) is 4.24. The number of benzene rings is 1. The molecule has 0 aromatic heterocycles. The van der Waals surface area contributed by atoms with E-state index in [9.17, 15) is 0 Å². The summed E-state index contributed by atoms with van der Waals surface area (Å²) in [4.78, 5) is 4.07. The molecule has 0 saturated carbocycles. The molecule has 15 heavy (non-hydrogen) atoms. The van der Waals surface area contributed by atoms with Gasteiger partial charge in [-0.25, -0.2) is 0 Å². The molecule has 1 nitrogen and oxygen atoms in total. The van der Waals surface area contributed by atoms with Crippen LogP contribution in [0.25, 0.3) is 0 Å². The molecule has 1 aromatic rings. The number of hydrogen-bond acceptors (Lipinski definition) is 2. The van der Waals surface area contributed by atoms with Gasteiger partial charge >= 0.3 is 0 Å². The quantitative estimate of drug-likeness (QED) is 0.766. The van der Waals surface area contributed by atoms with E-state index >= 15 is 0 Å². The molecule has 2 heteroatoms. The Bertz CT molecular complexity index is 335. The van der Waals surface area contributed by atoms with Gasteiger partial charge in [-0.15, -0.1) is 11.8 Å². The molecule has 0 bridgehead atoms. The van der Waals surface area contributed by atoms with Crippen molar-refractivity contribution in [3.63, 3.8) is 0 Å². The highest BCUT2D eigenvalue weighted by molar-refractivity contribution is 7.99. The fraction of sp³-hybridized carbons (Fsp3) is 0.538. The van der Waals surface area contributed by atoms with Crippen LogP contribution in [0, 0.1) is 6.92 Å². The minimum absolute atomic E-state index is 1.14. The third-order valence-corrected chi connectivity index (χ3v) is 4.27. The predicted molar refractivity (Wildman–Crippen MR) is 67.2 cm³/mol. The van der Waals surface area contributed by atoms with Gasteiger partial charge in [0.15, 0.2) is 0 Å². The molecule has 2 rings (SSSR count). The highest BCUT2D eigenvalue weighted by Gasteiger charge is 2.16. The summed E-state index contributed by atoms with van der Waals surface area (Å²) in [7, 11) is 0. The highest BCUT2D eigenvalue weighted by atomic mass is 32.2. The van der Waals surface area contributed by atoms with Gasteiger partial charge in [0, 0.05) is 17.3 Å². The van der Waals surface area contributed by atoms with Crippen LogP contribution < -0.4 is 0 Å². The highest BCUT2D eigenvalue weighted by Crippen LogP contribution is 2.32. The maximum Gasteiger partial charge on any atom is 0.0495 e. The SMILES string of the molecule is CCCCN1CSc2c(C)cccc2C1. The van der Waals surface area contributed by atoms with Crippen LogP contribution in [0.15, 0.2) is 23.1 Å². The minimum Gasteiger partial charge on any atom is -0.289 e. The lowest BCUT2D eigenvalue weighted by molar-refractivity contribution is 0.300. The monoisotopic (exact) mass is 221 g/mol. The molecule has 1 aliphatic rings. The molecule has 1 heterocycles. The topological polar surface area (TPSA) is 3.24 Å². The summed E-state index contributed by atoms with van der Waals surface area (Å²) in [6.45, 7) is 6.86. The van der Waals surface area contributed by atoms with Gasteiger partial charge in [-0.05, 0) is 31.0 Å². The Balaban J connectivity index is 2.07. The van der Waals surface area contributed by atoms with Gasteiger partial charge in [0.05, 0.1) is 0 Å². The molecule has 0 saturated heterocycles. The van der Waals surface area contributed by atoms with E-state index in [-0.39, 0.29) is 0 Å². The standard InChI is InChI=1S/C13H19NS/c1-3-4-8-14-9-12-7-5-6-11(2)13(12)15-10-14/h5-7H,3-4,8-10H2,1-2H3. The van der Waals surface area contributed by atoms with Crippen molar-refractivity contribution in [2.24, 2.45) is 0 Å². The molecule has 82 valence electrons. The first kappa shape index (κ1) is 11.0. The molecule has 0 fully saturated rings. The smallest absolute Gasteiger partial charge is 0.0495 e. The number of hydrogen-bond donors (Lipinski definition) is 0. The molecule has 0 aliphatic carbocycles. The third kappa shape index (κ3) is 2.56. The van der Waals surface area contributed by atoms with Crippen molar-refractivity contribution in [3.05, 3.63) is 29.3 Å². The number of nitrogens with zero attached hydrogens (tertiary/aromatic N) is 1. The minimum atomic E-state index is 1.14. The van der Waals surface area contributed by atoms with Gasteiger partial charge in [-0.3, -0.25) is 4.90 Å². The summed E-state index contributed by atoms with van der Waals surface area (Å²) >= 11 is 2.00. The van der Waals surface area contributed by atoms with E-state index in [2.05, 4.69) is 36.9 Å². The van der Waals surface area contributed by atoms with E-state index in [0.29, 0.717) is 0 Å². The van der Waals surface area contributed by atoms with E-state index in [1.807, 2.05) is 11.8 Å². The maximum absolute atomic E-state index is 2.55. The Labute approximate surface area is 96.9 Å². The van der Waals surface area contributed by atoms with Crippen molar-refractivity contribution in [2.45, 2.75) is 38.1 Å². The van der Waals surface area contributed by atoms with E-state index in [0.717, 1.165) is 12.4 Å². The first-order chi connectivity index (χ1) is 7.31. The lowest BCUT2D eigenvalue weighted by Crippen LogP contribution is -2.27. The van der Waals surface area contributed by atoms with Gasteiger partial charge < -0.3 is 0 Å². The van der Waals surface area contributed by atoms with Crippen molar-refractivity contribution in [1.82, 2.24) is 4.90 Å². The van der Waals surface area contributed by atoms with E-state index in [1.54, 1.807) is 0 Å². The van der Waals surface area contributed by atoms with Crippen molar-refractivity contribution in [3.8, 4) is 0 Å². The van der Waals surface area contributed by atoms with Gasteiger partial charge in [0.1, 0.15) is 0 Å². The molecule has 0 spiro atoms. The number of unbranched alkanes of at least 4 members (excludes halogenated alkanes) is 1. The predicted octanol–water partition coefficient (Wildman–Crippen LogP) is 3.66. The van der Waals surface area contributed by atoms with Crippen LogP contribution in [0.1, 0.15) is 30.9 Å². The molecule has 0 N–H and O–H groups in total. The van der Waals surface area contributed by atoms with Gasteiger partial charge in [-0.1, -0.05) is 31.5 Å². The normalized spacial score (nSPS) is 16.4. The second kappa shape index (κ2) is 5.04. The summed E-state index contributed by atoms with van der Waals surface area (Å²) < 4.78 is 0. The average Bonchev–Trinajstić information content (AvgIpc) is 2.26. The lowest BCUT2D eigenvalue weighted by Gasteiger charge is -2.28. The molecule has 0 radical (unpaired) electrons. The molecule has 1 aliphatic heterocycles. The Hall–Kier alpha value is -0.470. The largest absolute Gasteiger partial charge is 0.289 e. The van der Waals surface area contributed by atoms with Crippen molar-refractivity contribution in [2.75, 3.05) is 12.4 Å². The average molecular weight is 221 g/mol. The van der Waals surface area contributed by atoms with Gasteiger partial charge in [-0.2, -0.15) is 0 Å². The van der Waals surface area contributed by atoms with Crippen molar-refractivity contribution < 1.29 is 0 Å². The Morgan fingerprint density at radius 3 is 3.07 bits per heavy atom. The van der Waals surface area contributed by atoms with Crippen LogP contribution in [0.5, 0.6) is 0 Å². The maximum atomic E-state index is 2.55. The zero-order valence-electron chi connectivity index (χ0n) is 9.62. The summed E-state index contributed by atoms with van der Waals surface area (Å²) in [5.41, 5.74) is 2.95. The second-order valence-corrected chi connectivity index (χ2v) is 5.20. The molecular weight excluding hydrogens is 202 g/mol. The molecule has 1 aromatic carbocycles. The first-order valence-corrected chi connectivity index (χ1v) is 6.73. The zero-order chi connectivity index (χ0) is 10.7. The Kier molecular flexibility index (Phi) is 3.71. The number of rotatable bonds is 3. The van der Waals surface area contributed by atoms with Gasteiger partial charge in [0.2, 0.25) is 0 Å². The van der Waals surface area contributed by atoms with Gasteiger partial charge in [0.25, 0.3) is 0 Å². The van der Waals surface area contributed by atoms with E-state index in [4.69, 9.17) is 0 Å². The summed E-state index contributed by atoms with van der Waals surface area (Å²) in [6.07, 6.45) is 2.61. The molecule has 0 atom stereocenters. The first-order valence-electron chi connectivity index (χ1n) is 5.75. The number of fused-ring (bicyclic) bond motifs is 1. The molecule has 0 amide bonds. The zero-order valence-corrected chi connectivity index (χ0v) is 10.4. The van der Waals surface area contributed by atoms with Crippen LogP contribution in [0.2, 0.25) is 0 Å². The molecular formula is C13H19NS.